The van der Waals surface area contributed by atoms with Crippen molar-refractivity contribution in [2.24, 2.45) is 7.05 Å². The topological polar surface area (TPSA) is 63.1 Å². The summed E-state index contributed by atoms with van der Waals surface area (Å²) in [5, 5.41) is 3.45. The maximum Gasteiger partial charge on any atom is 0.263 e. The van der Waals surface area contributed by atoms with Crippen LogP contribution < -0.4 is 10.0 Å². The van der Waals surface area contributed by atoms with Gasteiger partial charge in [0.25, 0.3) is 10.0 Å². The predicted molar refractivity (Wildman–Crippen MR) is 88.1 cm³/mol. The minimum absolute atomic E-state index is 0.210. The molecule has 5 nitrogen and oxygen atoms in total. The Balaban J connectivity index is 2.34. The van der Waals surface area contributed by atoms with Crippen LogP contribution in [0.1, 0.15) is 5.69 Å². The van der Waals surface area contributed by atoms with E-state index in [4.69, 9.17) is 11.6 Å². The molecule has 0 radical (unpaired) electrons. The molecule has 0 aliphatic heterocycles. The Labute approximate surface area is 137 Å². The van der Waals surface area contributed by atoms with Gasteiger partial charge in [-0.15, -0.1) is 0 Å². The lowest BCUT2D eigenvalue weighted by Gasteiger charge is -2.08. The van der Waals surface area contributed by atoms with Gasteiger partial charge in [-0.3, -0.25) is 4.72 Å². The van der Waals surface area contributed by atoms with Crippen molar-refractivity contribution in [1.82, 2.24) is 9.88 Å². The van der Waals surface area contributed by atoms with Crippen LogP contribution in [0.3, 0.4) is 0 Å². The van der Waals surface area contributed by atoms with Gasteiger partial charge in [-0.25, -0.2) is 8.42 Å². The van der Waals surface area contributed by atoms with E-state index >= 15 is 0 Å². The molecule has 0 amide bonds. The lowest BCUT2D eigenvalue weighted by molar-refractivity contribution is 0.601. The van der Waals surface area contributed by atoms with Crippen LogP contribution in [0.5, 0.6) is 0 Å². The van der Waals surface area contributed by atoms with Gasteiger partial charge in [0, 0.05) is 35.0 Å². The van der Waals surface area contributed by atoms with Gasteiger partial charge in [0.2, 0.25) is 0 Å². The molecule has 0 aliphatic carbocycles. The van der Waals surface area contributed by atoms with Crippen molar-refractivity contribution in [3.8, 4) is 0 Å². The molecule has 0 bridgehead atoms. The summed E-state index contributed by atoms with van der Waals surface area (Å²) >= 11 is 9.19. The van der Waals surface area contributed by atoms with Crippen LogP contribution in [0.4, 0.5) is 5.69 Å². The number of anilines is 1. The maximum atomic E-state index is 12.4. The van der Waals surface area contributed by atoms with E-state index in [1.54, 1.807) is 42.1 Å². The number of sulfonamides is 1. The number of nitrogens with zero attached hydrogens (tertiary/aromatic N) is 1. The van der Waals surface area contributed by atoms with Crippen LogP contribution in [0.25, 0.3) is 0 Å². The van der Waals surface area contributed by atoms with Gasteiger partial charge >= 0.3 is 0 Å². The minimum Gasteiger partial charge on any atom is -0.352 e. The van der Waals surface area contributed by atoms with Crippen molar-refractivity contribution in [2.75, 3.05) is 11.8 Å². The third kappa shape index (κ3) is 3.79. The molecule has 2 aromatic rings. The zero-order valence-electron chi connectivity index (χ0n) is 11.5. The Morgan fingerprint density at radius 1 is 1.33 bits per heavy atom. The number of hydrogen-bond donors (Lipinski definition) is 2. The number of nitrogens with one attached hydrogen (secondary N) is 2. The summed E-state index contributed by atoms with van der Waals surface area (Å²) in [5.74, 6) is 0. The molecular formula is C13H15BrClN3O2S. The average Bonchev–Trinajstić information content (AvgIpc) is 2.77. The van der Waals surface area contributed by atoms with E-state index in [-0.39, 0.29) is 4.90 Å². The Morgan fingerprint density at radius 2 is 2.05 bits per heavy atom. The molecule has 21 heavy (non-hydrogen) atoms. The van der Waals surface area contributed by atoms with Crippen molar-refractivity contribution >= 4 is 43.2 Å². The summed E-state index contributed by atoms with van der Waals surface area (Å²) in [4.78, 5) is 0.210. The van der Waals surface area contributed by atoms with Gasteiger partial charge in [-0.2, -0.15) is 0 Å². The lowest BCUT2D eigenvalue weighted by Crippen LogP contribution is -2.12. The Bertz CT molecular complexity index is 759. The maximum absolute atomic E-state index is 12.4. The van der Waals surface area contributed by atoms with Gasteiger partial charge < -0.3 is 9.88 Å². The Hall–Kier alpha value is -1.02. The molecule has 0 aliphatic rings. The van der Waals surface area contributed by atoms with E-state index in [0.29, 0.717) is 21.7 Å². The molecule has 1 heterocycles. The molecule has 0 atom stereocenters. The third-order valence-electron chi connectivity index (χ3n) is 2.92. The molecular weight excluding hydrogens is 378 g/mol. The van der Waals surface area contributed by atoms with Crippen molar-refractivity contribution < 1.29 is 8.42 Å². The summed E-state index contributed by atoms with van der Waals surface area (Å²) in [5.41, 5.74) is 1.28. The highest BCUT2D eigenvalue weighted by atomic mass is 79.9. The number of halogens is 2. The molecule has 2 rings (SSSR count). The Morgan fingerprint density at radius 3 is 2.71 bits per heavy atom. The van der Waals surface area contributed by atoms with Crippen molar-refractivity contribution in [3.63, 3.8) is 0 Å². The normalized spacial score (nSPS) is 11.6. The lowest BCUT2D eigenvalue weighted by atomic mass is 10.3. The van der Waals surface area contributed by atoms with E-state index in [2.05, 4.69) is 26.0 Å². The van der Waals surface area contributed by atoms with E-state index in [9.17, 15) is 8.42 Å². The quantitative estimate of drug-likeness (QED) is 0.822. The molecule has 8 heteroatoms. The van der Waals surface area contributed by atoms with Crippen molar-refractivity contribution in [2.45, 2.75) is 11.4 Å². The molecule has 2 N–H and O–H groups in total. The number of hydrogen-bond acceptors (Lipinski definition) is 3. The third-order valence-corrected chi connectivity index (χ3v) is 5.18. The van der Waals surface area contributed by atoms with E-state index in [0.717, 1.165) is 5.69 Å². The fraction of sp³-hybridized carbons (Fsp3) is 0.231. The fourth-order valence-corrected chi connectivity index (χ4v) is 3.67. The smallest absolute Gasteiger partial charge is 0.263 e. The van der Waals surface area contributed by atoms with E-state index in [1.165, 1.54) is 0 Å². The number of aromatic nitrogens is 1. The summed E-state index contributed by atoms with van der Waals surface area (Å²) in [6.07, 6.45) is 1.58. The number of benzene rings is 1. The summed E-state index contributed by atoms with van der Waals surface area (Å²) < 4.78 is 29.8. The highest BCUT2D eigenvalue weighted by Gasteiger charge is 2.18. The van der Waals surface area contributed by atoms with E-state index in [1.807, 2.05) is 7.05 Å². The number of aryl methyl sites for hydroxylation is 1. The second kappa shape index (κ2) is 6.39. The van der Waals surface area contributed by atoms with E-state index < -0.39 is 10.0 Å². The fourth-order valence-electron chi connectivity index (χ4n) is 1.86. The van der Waals surface area contributed by atoms with Gasteiger partial charge in [0.1, 0.15) is 4.90 Å². The van der Waals surface area contributed by atoms with Crippen LogP contribution in [0.2, 0.25) is 5.02 Å². The first-order chi connectivity index (χ1) is 9.83. The molecule has 1 aromatic heterocycles. The zero-order chi connectivity index (χ0) is 15.6. The highest BCUT2D eigenvalue weighted by molar-refractivity contribution is 9.10. The molecule has 0 spiro atoms. The predicted octanol–water partition coefficient (Wildman–Crippen LogP) is 2.96. The molecule has 0 fully saturated rings. The second-order valence-electron chi connectivity index (χ2n) is 4.54. The molecule has 0 saturated heterocycles. The monoisotopic (exact) mass is 391 g/mol. The zero-order valence-corrected chi connectivity index (χ0v) is 14.7. The molecule has 0 unspecified atom stereocenters. The number of rotatable bonds is 5. The summed E-state index contributed by atoms with van der Waals surface area (Å²) in [7, 11) is -0.0452. The van der Waals surface area contributed by atoms with Crippen molar-refractivity contribution in [1.29, 1.82) is 0 Å². The molecule has 1 aromatic carbocycles. The Kier molecular flexibility index (Phi) is 4.98. The van der Waals surface area contributed by atoms with Crippen LogP contribution >= 0.6 is 27.5 Å². The van der Waals surface area contributed by atoms with Gasteiger partial charge in [0.15, 0.2) is 0 Å². The van der Waals surface area contributed by atoms with Crippen LogP contribution in [0, 0.1) is 0 Å². The second-order valence-corrected chi connectivity index (χ2v) is 7.51. The largest absolute Gasteiger partial charge is 0.352 e. The van der Waals surface area contributed by atoms with Gasteiger partial charge in [0.05, 0.1) is 5.69 Å². The SMILES string of the molecule is CNCc1cc(S(=O)(=O)Nc2cc(Cl)ccc2Br)cn1C. The first-order valence-electron chi connectivity index (χ1n) is 6.11. The molecule has 114 valence electrons. The minimum atomic E-state index is -3.66. The first-order valence-corrected chi connectivity index (χ1v) is 8.76. The highest BCUT2D eigenvalue weighted by Crippen LogP contribution is 2.28. The first kappa shape index (κ1) is 16.4. The standard InChI is InChI=1S/C13H15BrClN3O2S/c1-16-7-10-6-11(8-18(10)2)21(19,20)17-13-5-9(15)3-4-12(13)14/h3-6,8,16-17H,7H2,1-2H3. The summed E-state index contributed by atoms with van der Waals surface area (Å²) in [6, 6.07) is 6.56. The van der Waals surface area contributed by atoms with Crippen LogP contribution in [0.15, 0.2) is 39.8 Å². The van der Waals surface area contributed by atoms with Gasteiger partial charge in [-0.1, -0.05) is 11.6 Å². The van der Waals surface area contributed by atoms with Crippen molar-refractivity contribution in [3.05, 3.63) is 45.7 Å². The van der Waals surface area contributed by atoms with Crippen LogP contribution in [-0.2, 0) is 23.6 Å². The average molecular weight is 393 g/mol. The molecule has 0 saturated carbocycles. The van der Waals surface area contributed by atoms with Crippen LogP contribution in [-0.4, -0.2) is 20.0 Å². The van der Waals surface area contributed by atoms with Gasteiger partial charge in [-0.05, 0) is 47.2 Å². The summed E-state index contributed by atoms with van der Waals surface area (Å²) in [6.45, 7) is 0.590.